The van der Waals surface area contributed by atoms with Gasteiger partial charge in [0.15, 0.2) is 5.78 Å². The SMILES string of the molecule is CCOC(=O)c1c(NC(=O)CN2CCC[C@H]3CCCC[C@@H]32)sc(C(C)=O)c1C. The van der Waals surface area contributed by atoms with Crippen molar-refractivity contribution in [1.82, 2.24) is 4.90 Å². The summed E-state index contributed by atoms with van der Waals surface area (Å²) in [6, 6.07) is 0.496. The lowest BCUT2D eigenvalue weighted by atomic mass is 9.78. The highest BCUT2D eigenvalue weighted by Crippen LogP contribution is 2.36. The lowest BCUT2D eigenvalue weighted by Gasteiger charge is -2.43. The van der Waals surface area contributed by atoms with Crippen molar-refractivity contribution in [3.8, 4) is 0 Å². The molecule has 3 rings (SSSR count). The van der Waals surface area contributed by atoms with Gasteiger partial charge in [0, 0.05) is 6.04 Å². The second-order valence-corrected chi connectivity index (χ2v) is 8.83. The first kappa shape index (κ1) is 21.0. The summed E-state index contributed by atoms with van der Waals surface area (Å²) >= 11 is 1.16. The van der Waals surface area contributed by atoms with E-state index in [0.29, 0.717) is 39.5 Å². The van der Waals surface area contributed by atoms with E-state index in [9.17, 15) is 14.4 Å². The number of hydrogen-bond donors (Lipinski definition) is 1. The van der Waals surface area contributed by atoms with Gasteiger partial charge < -0.3 is 10.1 Å². The molecule has 0 unspecified atom stereocenters. The number of fused-ring (bicyclic) bond motifs is 1. The first-order valence-corrected chi connectivity index (χ1v) is 11.1. The van der Waals surface area contributed by atoms with Gasteiger partial charge in [-0.15, -0.1) is 11.3 Å². The molecule has 1 aromatic heterocycles. The van der Waals surface area contributed by atoms with E-state index in [2.05, 4.69) is 10.2 Å². The van der Waals surface area contributed by atoms with Crippen molar-refractivity contribution in [2.24, 2.45) is 5.92 Å². The Hall–Kier alpha value is -1.73. The molecule has 1 aromatic rings. The number of amides is 1. The highest BCUT2D eigenvalue weighted by molar-refractivity contribution is 7.18. The number of rotatable bonds is 6. The Labute approximate surface area is 170 Å². The summed E-state index contributed by atoms with van der Waals surface area (Å²) in [5.41, 5.74) is 0.885. The van der Waals surface area contributed by atoms with Gasteiger partial charge in [-0.2, -0.15) is 0 Å². The molecule has 1 aliphatic carbocycles. The zero-order valence-electron chi connectivity index (χ0n) is 17.0. The topological polar surface area (TPSA) is 75.7 Å². The smallest absolute Gasteiger partial charge is 0.341 e. The minimum Gasteiger partial charge on any atom is -0.462 e. The Morgan fingerprint density at radius 1 is 1.18 bits per heavy atom. The van der Waals surface area contributed by atoms with E-state index in [-0.39, 0.29) is 18.3 Å². The van der Waals surface area contributed by atoms with Crippen LogP contribution in [-0.4, -0.2) is 48.3 Å². The molecule has 2 heterocycles. The van der Waals surface area contributed by atoms with Crippen LogP contribution >= 0.6 is 11.3 Å². The normalized spacial score (nSPS) is 22.4. The lowest BCUT2D eigenvalue weighted by molar-refractivity contribution is -0.118. The van der Waals surface area contributed by atoms with Crippen molar-refractivity contribution < 1.29 is 19.1 Å². The van der Waals surface area contributed by atoms with Crippen LogP contribution in [-0.2, 0) is 9.53 Å². The van der Waals surface area contributed by atoms with E-state index < -0.39 is 5.97 Å². The Kier molecular flexibility index (Phi) is 6.88. The first-order chi connectivity index (χ1) is 13.4. The molecule has 154 valence electrons. The maximum Gasteiger partial charge on any atom is 0.341 e. The Morgan fingerprint density at radius 2 is 1.89 bits per heavy atom. The van der Waals surface area contributed by atoms with E-state index in [1.165, 1.54) is 39.0 Å². The summed E-state index contributed by atoms with van der Waals surface area (Å²) in [5.74, 6) is -0.0363. The molecule has 1 saturated carbocycles. The quantitative estimate of drug-likeness (QED) is 0.570. The number of nitrogens with one attached hydrogen (secondary N) is 1. The molecule has 1 N–H and O–H groups in total. The predicted octanol–water partition coefficient (Wildman–Crippen LogP) is 4.03. The van der Waals surface area contributed by atoms with Crippen LogP contribution in [0.25, 0.3) is 0 Å². The van der Waals surface area contributed by atoms with Crippen LogP contribution in [0, 0.1) is 12.8 Å². The van der Waals surface area contributed by atoms with Crippen molar-refractivity contribution in [3.05, 3.63) is 16.0 Å². The first-order valence-electron chi connectivity index (χ1n) is 10.3. The maximum atomic E-state index is 12.8. The zero-order valence-corrected chi connectivity index (χ0v) is 17.8. The molecule has 1 aliphatic heterocycles. The number of carbonyl (C=O) groups is 3. The third-order valence-corrected chi connectivity index (χ3v) is 7.21. The van der Waals surface area contributed by atoms with Gasteiger partial charge in [0.1, 0.15) is 5.00 Å². The maximum absolute atomic E-state index is 12.8. The molecule has 7 heteroatoms. The van der Waals surface area contributed by atoms with Crippen molar-refractivity contribution >= 4 is 34.0 Å². The molecule has 2 atom stereocenters. The number of nitrogens with zero attached hydrogens (tertiary/aromatic N) is 1. The van der Waals surface area contributed by atoms with Crippen LogP contribution in [0.15, 0.2) is 0 Å². The van der Waals surface area contributed by atoms with Crippen LogP contribution in [0.5, 0.6) is 0 Å². The Balaban J connectivity index is 1.75. The summed E-state index contributed by atoms with van der Waals surface area (Å²) in [6.45, 7) is 6.45. The van der Waals surface area contributed by atoms with Gasteiger partial charge in [-0.25, -0.2) is 4.79 Å². The fourth-order valence-corrected chi connectivity index (χ4v) is 5.77. The van der Waals surface area contributed by atoms with Crippen molar-refractivity contribution in [2.75, 3.05) is 25.0 Å². The Bertz CT molecular complexity index is 756. The number of Topliss-reactive ketones (excluding diaryl/α,β-unsaturated/α-hetero) is 1. The lowest BCUT2D eigenvalue weighted by Crippen LogP contribution is -2.49. The van der Waals surface area contributed by atoms with Crippen molar-refractivity contribution in [3.63, 3.8) is 0 Å². The largest absolute Gasteiger partial charge is 0.462 e. The fourth-order valence-electron chi connectivity index (χ4n) is 4.66. The van der Waals surface area contributed by atoms with E-state index in [1.54, 1.807) is 13.8 Å². The van der Waals surface area contributed by atoms with E-state index in [1.807, 2.05) is 0 Å². The summed E-state index contributed by atoms with van der Waals surface area (Å²) in [4.78, 5) is 39.9. The monoisotopic (exact) mass is 406 g/mol. The molecule has 28 heavy (non-hydrogen) atoms. The molecular formula is C21H30N2O4S. The molecule has 1 saturated heterocycles. The minimum atomic E-state index is -0.496. The number of piperidine rings is 1. The van der Waals surface area contributed by atoms with Crippen LogP contribution in [0.4, 0.5) is 5.00 Å². The van der Waals surface area contributed by atoms with Gasteiger partial charge in [0.25, 0.3) is 0 Å². The third kappa shape index (κ3) is 4.46. The number of carbonyl (C=O) groups excluding carboxylic acids is 3. The third-order valence-electron chi connectivity index (χ3n) is 5.90. The van der Waals surface area contributed by atoms with Gasteiger partial charge in [-0.05, 0) is 64.5 Å². The summed E-state index contributed by atoms with van der Waals surface area (Å²) in [7, 11) is 0. The van der Waals surface area contributed by atoms with Crippen molar-refractivity contribution in [2.45, 2.75) is 65.3 Å². The average molecular weight is 407 g/mol. The molecule has 1 amide bonds. The van der Waals surface area contributed by atoms with E-state index >= 15 is 0 Å². The van der Waals surface area contributed by atoms with Gasteiger partial charge in [0.2, 0.25) is 5.91 Å². The standard InChI is InChI=1S/C21H30N2O4S/c1-4-27-21(26)18-13(2)19(14(3)24)28-20(18)22-17(25)12-23-11-7-9-15-8-5-6-10-16(15)23/h15-16H,4-12H2,1-3H3,(H,22,25)/t15-,16+/m1/s1. The van der Waals surface area contributed by atoms with E-state index in [4.69, 9.17) is 4.74 Å². The van der Waals surface area contributed by atoms with Gasteiger partial charge in [-0.3, -0.25) is 14.5 Å². The highest BCUT2D eigenvalue weighted by Gasteiger charge is 2.34. The molecule has 2 fully saturated rings. The second kappa shape index (κ2) is 9.18. The van der Waals surface area contributed by atoms with Crippen LogP contribution in [0.2, 0.25) is 0 Å². The Morgan fingerprint density at radius 3 is 2.61 bits per heavy atom. The summed E-state index contributed by atoms with van der Waals surface area (Å²) in [5, 5.41) is 3.31. The summed E-state index contributed by atoms with van der Waals surface area (Å²) in [6.07, 6.45) is 7.36. The molecular weight excluding hydrogens is 376 g/mol. The number of ether oxygens (including phenoxy) is 1. The van der Waals surface area contributed by atoms with Crippen LogP contribution < -0.4 is 5.32 Å². The molecule has 0 spiro atoms. The average Bonchev–Trinajstić information content (AvgIpc) is 2.98. The number of hydrogen-bond acceptors (Lipinski definition) is 6. The number of anilines is 1. The van der Waals surface area contributed by atoms with Crippen LogP contribution in [0.3, 0.4) is 0 Å². The predicted molar refractivity (Wildman–Crippen MR) is 110 cm³/mol. The number of thiophene rings is 1. The van der Waals surface area contributed by atoms with Gasteiger partial charge in [0.05, 0.1) is 23.6 Å². The minimum absolute atomic E-state index is 0.116. The highest BCUT2D eigenvalue weighted by atomic mass is 32.1. The van der Waals surface area contributed by atoms with Crippen molar-refractivity contribution in [1.29, 1.82) is 0 Å². The number of ketones is 1. The molecule has 2 aliphatic rings. The number of esters is 1. The molecule has 0 bridgehead atoms. The number of likely N-dealkylation sites (tertiary alicyclic amines) is 1. The van der Waals surface area contributed by atoms with E-state index in [0.717, 1.165) is 24.3 Å². The van der Waals surface area contributed by atoms with Crippen LogP contribution in [0.1, 0.15) is 78.0 Å². The second-order valence-electron chi connectivity index (χ2n) is 7.81. The molecule has 0 aromatic carbocycles. The zero-order chi connectivity index (χ0) is 20.3. The fraction of sp³-hybridized carbons (Fsp3) is 0.667. The van der Waals surface area contributed by atoms with Gasteiger partial charge >= 0.3 is 5.97 Å². The van der Waals surface area contributed by atoms with Gasteiger partial charge in [-0.1, -0.05) is 12.8 Å². The summed E-state index contributed by atoms with van der Waals surface area (Å²) < 4.78 is 5.14. The molecule has 0 radical (unpaired) electrons. The molecule has 6 nitrogen and oxygen atoms in total.